The van der Waals surface area contributed by atoms with Crippen molar-refractivity contribution >= 4 is 5.97 Å². The molecule has 18 heavy (non-hydrogen) atoms. The van der Waals surface area contributed by atoms with Crippen LogP contribution in [-0.2, 0) is 22.5 Å². The Hall–Kier alpha value is -1.43. The zero-order valence-corrected chi connectivity index (χ0v) is 10.3. The van der Waals surface area contributed by atoms with Crippen LogP contribution in [0, 0.1) is 0 Å². The van der Waals surface area contributed by atoms with Gasteiger partial charge in [0, 0.05) is 13.1 Å². The average Bonchev–Trinajstić information content (AvgIpc) is 2.35. The lowest BCUT2D eigenvalue weighted by atomic mass is 10.1. The fraction of sp³-hybridized carbons (Fsp3) is 0.462. The number of benzene rings is 1. The molecule has 3 N–H and O–H groups in total. The highest BCUT2D eigenvalue weighted by molar-refractivity contribution is 5.70. The highest BCUT2D eigenvalue weighted by Gasteiger charge is 2.00. The molecule has 100 valence electrons. The van der Waals surface area contributed by atoms with E-state index in [0.717, 1.165) is 24.2 Å². The van der Waals surface area contributed by atoms with Crippen LogP contribution in [0.5, 0.6) is 0 Å². The van der Waals surface area contributed by atoms with E-state index in [9.17, 15) is 4.79 Å². The Morgan fingerprint density at radius 3 is 2.44 bits per heavy atom. The van der Waals surface area contributed by atoms with E-state index in [1.165, 1.54) is 0 Å². The van der Waals surface area contributed by atoms with Gasteiger partial charge < -0.3 is 20.3 Å². The molecule has 5 nitrogen and oxygen atoms in total. The van der Waals surface area contributed by atoms with Crippen molar-refractivity contribution in [1.29, 1.82) is 0 Å². The summed E-state index contributed by atoms with van der Waals surface area (Å²) in [6, 6.07) is 7.49. The van der Waals surface area contributed by atoms with Crippen molar-refractivity contribution in [2.75, 3.05) is 26.4 Å². The Kier molecular flexibility index (Phi) is 7.01. The normalized spacial score (nSPS) is 10.5. The van der Waals surface area contributed by atoms with Crippen molar-refractivity contribution in [2.45, 2.75) is 13.0 Å². The number of aliphatic carboxylic acids is 1. The van der Waals surface area contributed by atoms with Crippen LogP contribution in [0.1, 0.15) is 11.1 Å². The quantitative estimate of drug-likeness (QED) is 0.556. The number of nitrogens with one attached hydrogen (secondary N) is 1. The molecule has 0 aromatic heterocycles. The molecule has 0 fully saturated rings. The molecular weight excluding hydrogens is 234 g/mol. The minimum absolute atomic E-state index is 0.0467. The summed E-state index contributed by atoms with van der Waals surface area (Å²) in [6.45, 7) is 2.42. The van der Waals surface area contributed by atoms with Crippen molar-refractivity contribution in [3.8, 4) is 0 Å². The fourth-order valence-corrected chi connectivity index (χ4v) is 1.49. The Morgan fingerprint density at radius 1 is 1.17 bits per heavy atom. The summed E-state index contributed by atoms with van der Waals surface area (Å²) in [5.74, 6) is -0.818. The second-order valence-electron chi connectivity index (χ2n) is 3.90. The number of aliphatic hydroxyl groups excluding tert-OH is 1. The lowest BCUT2D eigenvalue weighted by molar-refractivity contribution is -0.136. The maximum absolute atomic E-state index is 10.5. The van der Waals surface area contributed by atoms with Gasteiger partial charge in [-0.2, -0.15) is 0 Å². The highest BCUT2D eigenvalue weighted by atomic mass is 16.5. The minimum Gasteiger partial charge on any atom is -0.481 e. The topological polar surface area (TPSA) is 78.8 Å². The summed E-state index contributed by atoms with van der Waals surface area (Å²) in [6.07, 6.45) is 0.0582. The number of rotatable bonds is 9. The van der Waals surface area contributed by atoms with Gasteiger partial charge in [-0.3, -0.25) is 4.79 Å². The van der Waals surface area contributed by atoms with Gasteiger partial charge in [0.15, 0.2) is 0 Å². The second kappa shape index (κ2) is 8.63. The average molecular weight is 253 g/mol. The van der Waals surface area contributed by atoms with Crippen molar-refractivity contribution < 1.29 is 19.7 Å². The standard InChI is InChI=1S/C13H19NO4/c15-6-8-18-7-5-14-10-12-3-1-11(2-4-12)9-13(16)17/h1-4,14-15H,5-10H2,(H,16,17). The number of carboxylic acids is 1. The lowest BCUT2D eigenvalue weighted by Gasteiger charge is -2.06. The van der Waals surface area contributed by atoms with Gasteiger partial charge in [0.25, 0.3) is 0 Å². The van der Waals surface area contributed by atoms with Crippen LogP contribution >= 0.6 is 0 Å². The van der Waals surface area contributed by atoms with E-state index < -0.39 is 5.97 Å². The van der Waals surface area contributed by atoms with Crippen LogP contribution in [0.3, 0.4) is 0 Å². The molecule has 0 atom stereocenters. The van der Waals surface area contributed by atoms with Crippen molar-refractivity contribution in [2.24, 2.45) is 0 Å². The Bertz CT molecular complexity index is 351. The van der Waals surface area contributed by atoms with Crippen LogP contribution in [0.4, 0.5) is 0 Å². The van der Waals surface area contributed by atoms with Gasteiger partial charge in [0.1, 0.15) is 0 Å². The fourth-order valence-electron chi connectivity index (χ4n) is 1.49. The number of ether oxygens (including phenoxy) is 1. The first-order chi connectivity index (χ1) is 8.72. The molecule has 0 saturated heterocycles. The molecule has 0 saturated carbocycles. The number of carbonyl (C=O) groups is 1. The summed E-state index contributed by atoms with van der Waals surface area (Å²) < 4.78 is 5.11. The zero-order valence-electron chi connectivity index (χ0n) is 10.3. The molecule has 0 heterocycles. The molecule has 0 amide bonds. The van der Waals surface area contributed by atoms with Gasteiger partial charge in [0.2, 0.25) is 0 Å². The van der Waals surface area contributed by atoms with E-state index in [1.807, 2.05) is 24.3 Å². The summed E-state index contributed by atoms with van der Waals surface area (Å²) in [5.41, 5.74) is 1.91. The summed E-state index contributed by atoms with van der Waals surface area (Å²) in [4.78, 5) is 10.5. The first kappa shape index (κ1) is 14.6. The van der Waals surface area contributed by atoms with E-state index >= 15 is 0 Å². The number of hydrogen-bond acceptors (Lipinski definition) is 4. The SMILES string of the molecule is O=C(O)Cc1ccc(CNCCOCCO)cc1. The third-order valence-electron chi connectivity index (χ3n) is 2.37. The van der Waals surface area contributed by atoms with Crippen molar-refractivity contribution in [3.63, 3.8) is 0 Å². The van der Waals surface area contributed by atoms with Crippen LogP contribution in [0.25, 0.3) is 0 Å². The van der Waals surface area contributed by atoms with Crippen molar-refractivity contribution in [3.05, 3.63) is 35.4 Å². The first-order valence-electron chi connectivity index (χ1n) is 5.91. The van der Waals surface area contributed by atoms with Crippen LogP contribution in [-0.4, -0.2) is 42.5 Å². The molecule has 0 aliphatic heterocycles. The maximum atomic E-state index is 10.5. The minimum atomic E-state index is -0.818. The number of carboxylic acid groups (broad SMARTS) is 1. The molecule has 0 unspecified atom stereocenters. The third-order valence-corrected chi connectivity index (χ3v) is 2.37. The molecule has 0 aliphatic rings. The van der Waals surface area contributed by atoms with Gasteiger partial charge in [-0.05, 0) is 11.1 Å². The molecule has 0 spiro atoms. The van der Waals surface area contributed by atoms with E-state index in [1.54, 1.807) is 0 Å². The highest BCUT2D eigenvalue weighted by Crippen LogP contribution is 2.05. The zero-order chi connectivity index (χ0) is 13.2. The van der Waals surface area contributed by atoms with E-state index in [4.69, 9.17) is 14.9 Å². The summed E-state index contributed by atoms with van der Waals surface area (Å²) in [7, 11) is 0. The Morgan fingerprint density at radius 2 is 1.83 bits per heavy atom. The van der Waals surface area contributed by atoms with Crippen LogP contribution < -0.4 is 5.32 Å². The molecular formula is C13H19NO4. The second-order valence-corrected chi connectivity index (χ2v) is 3.90. The molecule has 5 heteroatoms. The summed E-state index contributed by atoms with van der Waals surface area (Å²) >= 11 is 0. The Balaban J connectivity index is 2.20. The van der Waals surface area contributed by atoms with E-state index in [2.05, 4.69) is 5.32 Å². The molecule has 1 aromatic carbocycles. The molecule has 1 aromatic rings. The van der Waals surface area contributed by atoms with E-state index in [0.29, 0.717) is 13.2 Å². The van der Waals surface area contributed by atoms with Crippen molar-refractivity contribution in [1.82, 2.24) is 5.32 Å². The molecule has 0 bridgehead atoms. The third kappa shape index (κ3) is 6.34. The predicted octanol–water partition coefficient (Wildman–Crippen LogP) is 0.412. The van der Waals surface area contributed by atoms with Gasteiger partial charge in [-0.1, -0.05) is 24.3 Å². The Labute approximate surface area is 106 Å². The van der Waals surface area contributed by atoms with Gasteiger partial charge >= 0.3 is 5.97 Å². The predicted molar refractivity (Wildman–Crippen MR) is 67.4 cm³/mol. The van der Waals surface area contributed by atoms with Crippen LogP contribution in [0.15, 0.2) is 24.3 Å². The number of hydrogen-bond donors (Lipinski definition) is 3. The smallest absolute Gasteiger partial charge is 0.307 e. The largest absolute Gasteiger partial charge is 0.481 e. The first-order valence-corrected chi connectivity index (χ1v) is 5.91. The van der Waals surface area contributed by atoms with Gasteiger partial charge in [-0.15, -0.1) is 0 Å². The van der Waals surface area contributed by atoms with E-state index in [-0.39, 0.29) is 13.0 Å². The molecule has 1 rings (SSSR count). The van der Waals surface area contributed by atoms with Gasteiger partial charge in [-0.25, -0.2) is 0 Å². The van der Waals surface area contributed by atoms with Crippen LogP contribution in [0.2, 0.25) is 0 Å². The molecule has 0 aliphatic carbocycles. The summed E-state index contributed by atoms with van der Waals surface area (Å²) in [5, 5.41) is 20.3. The van der Waals surface area contributed by atoms with Gasteiger partial charge in [0.05, 0.1) is 26.2 Å². The molecule has 0 radical (unpaired) electrons. The maximum Gasteiger partial charge on any atom is 0.307 e. The lowest BCUT2D eigenvalue weighted by Crippen LogP contribution is -2.20. The monoisotopic (exact) mass is 253 g/mol. The number of aliphatic hydroxyl groups is 1.